The van der Waals surface area contributed by atoms with Crippen LogP contribution in [0.25, 0.3) is 0 Å². The lowest BCUT2D eigenvalue weighted by Gasteiger charge is -2.18. The van der Waals surface area contributed by atoms with Crippen LogP contribution in [0.4, 0.5) is 4.39 Å². The molecule has 2 unspecified atom stereocenters. The lowest BCUT2D eigenvalue weighted by Crippen LogP contribution is -2.34. The van der Waals surface area contributed by atoms with Crippen molar-refractivity contribution < 1.29 is 9.18 Å². The first kappa shape index (κ1) is 14.7. The molecule has 2 aromatic carbocycles. The van der Waals surface area contributed by atoms with Gasteiger partial charge in [-0.25, -0.2) is 4.39 Å². The summed E-state index contributed by atoms with van der Waals surface area (Å²) in [7, 11) is 0. The van der Waals surface area contributed by atoms with Gasteiger partial charge in [-0.1, -0.05) is 42.5 Å². The molecule has 3 rings (SSSR count). The monoisotopic (exact) mass is 298 g/mol. The van der Waals surface area contributed by atoms with Crippen LogP contribution in [0, 0.1) is 11.7 Å². The maximum atomic E-state index is 13.0. The van der Waals surface area contributed by atoms with E-state index < -0.39 is 0 Å². The molecule has 1 aliphatic rings. The van der Waals surface area contributed by atoms with Crippen molar-refractivity contribution in [3.8, 4) is 0 Å². The molecular weight excluding hydrogens is 279 g/mol. The summed E-state index contributed by atoms with van der Waals surface area (Å²) >= 11 is 0. The molecular formula is C18H19FN2O. The molecule has 1 fully saturated rings. The van der Waals surface area contributed by atoms with Crippen LogP contribution in [0.1, 0.15) is 17.0 Å². The number of hydrogen-bond acceptors (Lipinski definition) is 2. The molecule has 1 amide bonds. The standard InChI is InChI=1S/C18H19FN2O/c19-15-8-6-14(7-9-15)16-11-20-12-17(16)18(22)21-10-13-4-2-1-3-5-13/h1-9,16-17,20H,10-12H2,(H,21,22). The van der Waals surface area contributed by atoms with E-state index in [1.807, 2.05) is 30.3 Å². The second-order valence-electron chi connectivity index (χ2n) is 5.63. The van der Waals surface area contributed by atoms with Crippen molar-refractivity contribution in [1.29, 1.82) is 0 Å². The molecule has 2 atom stereocenters. The first-order chi connectivity index (χ1) is 10.7. The van der Waals surface area contributed by atoms with E-state index in [4.69, 9.17) is 0 Å². The first-order valence-electron chi connectivity index (χ1n) is 7.52. The Morgan fingerprint density at radius 2 is 1.82 bits per heavy atom. The summed E-state index contributed by atoms with van der Waals surface area (Å²) in [6.45, 7) is 1.93. The van der Waals surface area contributed by atoms with E-state index >= 15 is 0 Å². The summed E-state index contributed by atoms with van der Waals surface area (Å²) in [5, 5.41) is 6.26. The Labute approximate surface area is 129 Å². The normalized spacial score (nSPS) is 20.8. The molecule has 0 spiro atoms. The van der Waals surface area contributed by atoms with Crippen LogP contribution in [0.3, 0.4) is 0 Å². The van der Waals surface area contributed by atoms with E-state index in [1.54, 1.807) is 12.1 Å². The number of carbonyl (C=O) groups excluding carboxylic acids is 1. The van der Waals surface area contributed by atoms with Crippen LogP contribution in [-0.4, -0.2) is 19.0 Å². The topological polar surface area (TPSA) is 41.1 Å². The number of rotatable bonds is 4. The zero-order valence-corrected chi connectivity index (χ0v) is 12.3. The van der Waals surface area contributed by atoms with E-state index in [2.05, 4.69) is 10.6 Å². The summed E-state index contributed by atoms with van der Waals surface area (Å²) < 4.78 is 13.0. The molecule has 0 bridgehead atoms. The van der Waals surface area contributed by atoms with Crippen LogP contribution in [0.15, 0.2) is 54.6 Å². The lowest BCUT2D eigenvalue weighted by molar-refractivity contribution is -0.125. The molecule has 4 heteroatoms. The predicted molar refractivity (Wildman–Crippen MR) is 83.8 cm³/mol. The average molecular weight is 298 g/mol. The Kier molecular flexibility index (Phi) is 4.49. The molecule has 1 saturated heterocycles. The van der Waals surface area contributed by atoms with Gasteiger partial charge in [0.25, 0.3) is 0 Å². The van der Waals surface area contributed by atoms with Gasteiger partial charge in [-0.3, -0.25) is 4.79 Å². The first-order valence-corrected chi connectivity index (χ1v) is 7.52. The van der Waals surface area contributed by atoms with Gasteiger partial charge in [0.2, 0.25) is 5.91 Å². The van der Waals surface area contributed by atoms with E-state index in [9.17, 15) is 9.18 Å². The van der Waals surface area contributed by atoms with Crippen LogP contribution in [0.2, 0.25) is 0 Å². The van der Waals surface area contributed by atoms with E-state index in [0.717, 1.165) is 17.7 Å². The summed E-state index contributed by atoms with van der Waals surface area (Å²) in [5.74, 6) is -0.228. The van der Waals surface area contributed by atoms with E-state index in [-0.39, 0.29) is 23.6 Å². The number of amides is 1. The van der Waals surface area contributed by atoms with Crippen molar-refractivity contribution in [2.45, 2.75) is 12.5 Å². The van der Waals surface area contributed by atoms with Gasteiger partial charge in [0.15, 0.2) is 0 Å². The van der Waals surface area contributed by atoms with Crippen molar-refractivity contribution in [3.63, 3.8) is 0 Å². The van der Waals surface area contributed by atoms with Crippen molar-refractivity contribution in [1.82, 2.24) is 10.6 Å². The molecule has 1 aliphatic heterocycles. The zero-order valence-electron chi connectivity index (χ0n) is 12.3. The van der Waals surface area contributed by atoms with Crippen molar-refractivity contribution in [3.05, 3.63) is 71.5 Å². The number of carbonyl (C=O) groups is 1. The third kappa shape index (κ3) is 3.34. The Hall–Kier alpha value is -2.20. The largest absolute Gasteiger partial charge is 0.352 e. The molecule has 3 nitrogen and oxygen atoms in total. The molecule has 1 heterocycles. The van der Waals surface area contributed by atoms with Crippen LogP contribution in [-0.2, 0) is 11.3 Å². The van der Waals surface area contributed by atoms with Gasteiger partial charge in [-0.15, -0.1) is 0 Å². The van der Waals surface area contributed by atoms with Gasteiger partial charge < -0.3 is 10.6 Å². The third-order valence-electron chi connectivity index (χ3n) is 4.16. The Morgan fingerprint density at radius 1 is 1.09 bits per heavy atom. The minimum atomic E-state index is -0.250. The summed E-state index contributed by atoms with van der Waals surface area (Å²) in [5.41, 5.74) is 2.09. The number of nitrogens with one attached hydrogen (secondary N) is 2. The minimum Gasteiger partial charge on any atom is -0.352 e. The molecule has 2 N–H and O–H groups in total. The fourth-order valence-corrected chi connectivity index (χ4v) is 2.93. The second-order valence-corrected chi connectivity index (χ2v) is 5.63. The molecule has 22 heavy (non-hydrogen) atoms. The molecule has 0 saturated carbocycles. The SMILES string of the molecule is O=C(NCc1ccccc1)C1CNCC1c1ccc(F)cc1. The van der Waals surface area contributed by atoms with E-state index in [0.29, 0.717) is 13.1 Å². The highest BCUT2D eigenvalue weighted by atomic mass is 19.1. The second kappa shape index (κ2) is 6.71. The smallest absolute Gasteiger partial charge is 0.225 e. The van der Waals surface area contributed by atoms with Crippen LogP contribution >= 0.6 is 0 Å². The van der Waals surface area contributed by atoms with E-state index in [1.165, 1.54) is 12.1 Å². The average Bonchev–Trinajstić information content (AvgIpc) is 3.04. The molecule has 2 aromatic rings. The fraction of sp³-hybridized carbons (Fsp3) is 0.278. The molecule has 0 aromatic heterocycles. The van der Waals surface area contributed by atoms with Crippen molar-refractivity contribution in [2.24, 2.45) is 5.92 Å². The van der Waals surface area contributed by atoms with Crippen LogP contribution < -0.4 is 10.6 Å². The Bertz CT molecular complexity index is 627. The minimum absolute atomic E-state index is 0.0446. The highest BCUT2D eigenvalue weighted by Gasteiger charge is 2.33. The number of benzene rings is 2. The maximum absolute atomic E-state index is 13.0. The molecule has 0 radical (unpaired) electrons. The lowest BCUT2D eigenvalue weighted by atomic mass is 9.88. The van der Waals surface area contributed by atoms with Crippen molar-refractivity contribution >= 4 is 5.91 Å². The van der Waals surface area contributed by atoms with Gasteiger partial charge in [0.1, 0.15) is 5.82 Å². The van der Waals surface area contributed by atoms with Gasteiger partial charge in [0, 0.05) is 25.6 Å². The highest BCUT2D eigenvalue weighted by Crippen LogP contribution is 2.28. The zero-order chi connectivity index (χ0) is 15.4. The third-order valence-corrected chi connectivity index (χ3v) is 4.16. The van der Waals surface area contributed by atoms with Gasteiger partial charge >= 0.3 is 0 Å². The fourth-order valence-electron chi connectivity index (χ4n) is 2.93. The maximum Gasteiger partial charge on any atom is 0.225 e. The quantitative estimate of drug-likeness (QED) is 0.910. The van der Waals surface area contributed by atoms with Crippen LogP contribution in [0.5, 0.6) is 0 Å². The molecule has 114 valence electrons. The Balaban J connectivity index is 1.65. The number of halogens is 1. The Morgan fingerprint density at radius 3 is 2.55 bits per heavy atom. The summed E-state index contributed by atoms with van der Waals surface area (Å²) in [6.07, 6.45) is 0. The van der Waals surface area contributed by atoms with Gasteiger partial charge in [-0.2, -0.15) is 0 Å². The van der Waals surface area contributed by atoms with Gasteiger partial charge in [0.05, 0.1) is 5.92 Å². The van der Waals surface area contributed by atoms with Gasteiger partial charge in [-0.05, 0) is 23.3 Å². The molecule has 0 aliphatic carbocycles. The predicted octanol–water partition coefficient (Wildman–Crippen LogP) is 2.45. The summed E-state index contributed by atoms with van der Waals surface area (Å²) in [4.78, 5) is 12.4. The summed E-state index contributed by atoms with van der Waals surface area (Å²) in [6, 6.07) is 16.3. The highest BCUT2D eigenvalue weighted by molar-refractivity contribution is 5.80. The number of hydrogen-bond donors (Lipinski definition) is 2. The van der Waals surface area contributed by atoms with Crippen molar-refractivity contribution in [2.75, 3.05) is 13.1 Å².